The summed E-state index contributed by atoms with van der Waals surface area (Å²) in [6, 6.07) is 14.8. The lowest BCUT2D eigenvalue weighted by Crippen LogP contribution is -2.31. The van der Waals surface area contributed by atoms with Crippen molar-refractivity contribution < 1.29 is 9.18 Å². The number of amides is 1. The molecule has 0 unspecified atom stereocenters. The van der Waals surface area contributed by atoms with Crippen molar-refractivity contribution in [1.82, 2.24) is 19.6 Å². The number of rotatable bonds is 4. The molecule has 28 heavy (non-hydrogen) atoms. The number of aromatic nitrogens is 4. The summed E-state index contributed by atoms with van der Waals surface area (Å²) in [6.45, 7) is 1.45. The Bertz CT molecular complexity index is 1230. The molecule has 1 N–H and O–H groups in total. The zero-order chi connectivity index (χ0) is 19.7. The lowest BCUT2D eigenvalue weighted by atomic mass is 10.2. The van der Waals surface area contributed by atoms with Crippen molar-refractivity contribution in [1.29, 1.82) is 0 Å². The third-order valence-electron chi connectivity index (χ3n) is 4.27. The number of carbonyl (C=O) groups excluding carboxylic acids is 1. The number of fused-ring (bicyclic) bond motifs is 1. The number of aryl methyl sites for hydroxylation is 1. The van der Waals surface area contributed by atoms with Crippen molar-refractivity contribution in [2.75, 3.05) is 5.32 Å². The van der Waals surface area contributed by atoms with E-state index in [0.717, 1.165) is 10.4 Å². The van der Waals surface area contributed by atoms with Gasteiger partial charge in [0, 0.05) is 11.1 Å². The topological polar surface area (TPSA) is 81.8 Å². The highest BCUT2D eigenvalue weighted by atomic mass is 19.1. The van der Waals surface area contributed by atoms with Gasteiger partial charge in [-0.25, -0.2) is 13.8 Å². The number of anilines is 1. The Hall–Kier alpha value is -3.81. The van der Waals surface area contributed by atoms with Gasteiger partial charge in [0.15, 0.2) is 0 Å². The van der Waals surface area contributed by atoms with Crippen LogP contribution in [0.5, 0.6) is 0 Å². The highest BCUT2D eigenvalue weighted by Crippen LogP contribution is 2.17. The molecule has 0 fully saturated rings. The number of nitrogens with one attached hydrogen (secondary N) is 1. The van der Waals surface area contributed by atoms with Crippen LogP contribution in [0, 0.1) is 12.7 Å². The summed E-state index contributed by atoms with van der Waals surface area (Å²) in [6.07, 6.45) is 1.59. The molecule has 7 nitrogen and oxygen atoms in total. The van der Waals surface area contributed by atoms with Gasteiger partial charge in [-0.15, -0.1) is 0 Å². The van der Waals surface area contributed by atoms with Gasteiger partial charge in [0.2, 0.25) is 5.91 Å². The van der Waals surface area contributed by atoms with E-state index in [4.69, 9.17) is 0 Å². The van der Waals surface area contributed by atoms with E-state index in [1.807, 2.05) is 30.3 Å². The first-order valence-corrected chi connectivity index (χ1v) is 8.59. The second-order valence-electron chi connectivity index (χ2n) is 6.26. The van der Waals surface area contributed by atoms with E-state index in [1.54, 1.807) is 19.2 Å². The van der Waals surface area contributed by atoms with Gasteiger partial charge in [0.25, 0.3) is 5.56 Å². The van der Waals surface area contributed by atoms with E-state index in [2.05, 4.69) is 15.5 Å². The molecule has 2 aromatic heterocycles. The molecular weight excluding hydrogens is 361 g/mol. The van der Waals surface area contributed by atoms with Crippen LogP contribution in [-0.2, 0) is 11.3 Å². The maximum absolute atomic E-state index is 13.3. The van der Waals surface area contributed by atoms with Gasteiger partial charge in [-0.3, -0.25) is 9.59 Å². The second kappa shape index (κ2) is 7.07. The molecule has 4 aromatic rings. The summed E-state index contributed by atoms with van der Waals surface area (Å²) in [5, 5.41) is 11.7. The Morgan fingerprint density at radius 3 is 2.68 bits per heavy atom. The molecule has 0 aliphatic carbocycles. The van der Waals surface area contributed by atoms with Crippen molar-refractivity contribution in [3.63, 3.8) is 0 Å². The number of hydrogen-bond acceptors (Lipinski definition) is 4. The Balaban J connectivity index is 1.71. The van der Waals surface area contributed by atoms with Crippen LogP contribution in [-0.4, -0.2) is 25.5 Å². The first-order valence-electron chi connectivity index (χ1n) is 8.59. The molecule has 0 atom stereocenters. The first kappa shape index (κ1) is 17.6. The van der Waals surface area contributed by atoms with Crippen molar-refractivity contribution in [3.8, 4) is 5.69 Å². The molecule has 4 rings (SSSR count). The molecule has 0 spiro atoms. The number of hydrogen-bond donors (Lipinski definition) is 1. The molecule has 0 saturated heterocycles. The number of carbonyl (C=O) groups is 1. The van der Waals surface area contributed by atoms with Crippen LogP contribution in [0.3, 0.4) is 0 Å². The van der Waals surface area contributed by atoms with E-state index in [1.165, 1.54) is 22.9 Å². The summed E-state index contributed by atoms with van der Waals surface area (Å²) >= 11 is 0. The van der Waals surface area contributed by atoms with Crippen LogP contribution in [0.25, 0.3) is 16.6 Å². The van der Waals surface area contributed by atoms with Crippen LogP contribution in [0.1, 0.15) is 5.69 Å². The minimum Gasteiger partial charge on any atom is -0.324 e. The molecular formula is C20H16FN5O2. The normalized spacial score (nSPS) is 10.9. The van der Waals surface area contributed by atoms with E-state index in [0.29, 0.717) is 22.3 Å². The molecule has 0 bridgehead atoms. The number of nitrogens with zero attached hydrogens (tertiary/aromatic N) is 4. The largest absolute Gasteiger partial charge is 0.324 e. The lowest BCUT2D eigenvalue weighted by Gasteiger charge is -2.09. The molecule has 0 radical (unpaired) electrons. The van der Waals surface area contributed by atoms with Gasteiger partial charge in [0.1, 0.15) is 17.9 Å². The standard InChI is InChI=1S/C20H16FN5O2/c1-13-17-11-22-26(16-8-3-2-4-9-16)19(17)20(28)25(24-13)12-18(27)23-15-7-5-6-14(21)10-15/h2-11H,12H2,1H3,(H,23,27). The van der Waals surface area contributed by atoms with Crippen LogP contribution >= 0.6 is 0 Å². The molecule has 1 amide bonds. The maximum atomic E-state index is 13.3. The highest BCUT2D eigenvalue weighted by molar-refractivity contribution is 5.90. The summed E-state index contributed by atoms with van der Waals surface area (Å²) in [4.78, 5) is 25.3. The Kier molecular flexibility index (Phi) is 4.44. The summed E-state index contributed by atoms with van der Waals surface area (Å²) < 4.78 is 15.9. The van der Waals surface area contributed by atoms with Gasteiger partial charge >= 0.3 is 0 Å². The summed E-state index contributed by atoms with van der Waals surface area (Å²) in [7, 11) is 0. The fourth-order valence-corrected chi connectivity index (χ4v) is 3.00. The van der Waals surface area contributed by atoms with Gasteiger partial charge < -0.3 is 5.32 Å². The average molecular weight is 377 g/mol. The second-order valence-corrected chi connectivity index (χ2v) is 6.26. The fourth-order valence-electron chi connectivity index (χ4n) is 3.00. The van der Waals surface area contributed by atoms with E-state index >= 15 is 0 Å². The molecule has 0 aliphatic rings. The quantitative estimate of drug-likeness (QED) is 0.593. The highest BCUT2D eigenvalue weighted by Gasteiger charge is 2.16. The maximum Gasteiger partial charge on any atom is 0.293 e. The van der Waals surface area contributed by atoms with Crippen molar-refractivity contribution >= 4 is 22.5 Å². The molecule has 0 saturated carbocycles. The number of benzene rings is 2. The fraction of sp³-hybridized carbons (Fsp3) is 0.100. The SMILES string of the molecule is Cc1nn(CC(=O)Nc2cccc(F)c2)c(=O)c2c1cnn2-c1ccccc1. The van der Waals surface area contributed by atoms with E-state index in [-0.39, 0.29) is 6.54 Å². The van der Waals surface area contributed by atoms with Crippen molar-refractivity contribution in [3.05, 3.63) is 82.7 Å². The zero-order valence-corrected chi connectivity index (χ0v) is 15.0. The minimum absolute atomic E-state index is 0.300. The van der Waals surface area contributed by atoms with E-state index in [9.17, 15) is 14.0 Å². The van der Waals surface area contributed by atoms with Crippen LogP contribution in [0.2, 0.25) is 0 Å². The predicted octanol–water partition coefficient (Wildman–Crippen LogP) is 2.67. The van der Waals surface area contributed by atoms with Crippen molar-refractivity contribution in [2.45, 2.75) is 13.5 Å². The third-order valence-corrected chi connectivity index (χ3v) is 4.27. The van der Waals surface area contributed by atoms with Crippen LogP contribution in [0.4, 0.5) is 10.1 Å². The van der Waals surface area contributed by atoms with E-state index < -0.39 is 17.3 Å². The van der Waals surface area contributed by atoms with Gasteiger partial charge in [0.05, 0.1) is 17.6 Å². The van der Waals surface area contributed by atoms with Gasteiger partial charge in [-0.1, -0.05) is 24.3 Å². The summed E-state index contributed by atoms with van der Waals surface area (Å²) in [5.41, 5.74) is 1.53. The molecule has 2 heterocycles. The molecule has 8 heteroatoms. The van der Waals surface area contributed by atoms with Gasteiger partial charge in [-0.2, -0.15) is 10.2 Å². The third kappa shape index (κ3) is 3.27. The molecule has 2 aromatic carbocycles. The first-order chi connectivity index (χ1) is 13.5. The summed E-state index contributed by atoms with van der Waals surface area (Å²) in [5.74, 6) is -0.943. The smallest absolute Gasteiger partial charge is 0.293 e. The minimum atomic E-state index is -0.482. The van der Waals surface area contributed by atoms with Crippen LogP contribution < -0.4 is 10.9 Å². The van der Waals surface area contributed by atoms with Gasteiger partial charge in [-0.05, 0) is 37.3 Å². The Morgan fingerprint density at radius 1 is 1.14 bits per heavy atom. The zero-order valence-electron chi connectivity index (χ0n) is 15.0. The number of halogens is 1. The van der Waals surface area contributed by atoms with Crippen molar-refractivity contribution in [2.24, 2.45) is 0 Å². The Morgan fingerprint density at radius 2 is 1.93 bits per heavy atom. The lowest BCUT2D eigenvalue weighted by molar-refractivity contribution is -0.117. The molecule has 0 aliphatic heterocycles. The Labute approximate surface area is 159 Å². The monoisotopic (exact) mass is 377 g/mol. The number of para-hydroxylation sites is 1. The molecule has 140 valence electrons. The average Bonchev–Trinajstić information content (AvgIpc) is 3.12. The predicted molar refractivity (Wildman–Crippen MR) is 103 cm³/mol. The van der Waals surface area contributed by atoms with Crippen LogP contribution in [0.15, 0.2) is 65.6 Å².